The Bertz CT molecular complexity index is 429. The Morgan fingerprint density at radius 2 is 2.06 bits per heavy atom. The Morgan fingerprint density at radius 1 is 1.29 bits per heavy atom. The van der Waals surface area contributed by atoms with Gasteiger partial charge in [-0.05, 0) is 24.5 Å². The molecule has 1 saturated carbocycles. The van der Waals surface area contributed by atoms with Crippen LogP contribution in [-0.2, 0) is 6.42 Å². The van der Waals surface area contributed by atoms with Gasteiger partial charge in [-0.15, -0.1) is 0 Å². The molecule has 0 radical (unpaired) electrons. The van der Waals surface area contributed by atoms with Gasteiger partial charge in [0.2, 0.25) is 0 Å². The van der Waals surface area contributed by atoms with Crippen LogP contribution in [0.5, 0.6) is 5.75 Å². The number of fused-ring (bicyclic) bond motifs is 1. The van der Waals surface area contributed by atoms with Gasteiger partial charge in [0, 0.05) is 12.8 Å². The van der Waals surface area contributed by atoms with E-state index in [1.54, 1.807) is 0 Å². The van der Waals surface area contributed by atoms with Gasteiger partial charge in [-0.25, -0.2) is 0 Å². The zero-order chi connectivity index (χ0) is 11.7. The van der Waals surface area contributed by atoms with Crippen LogP contribution in [-0.4, -0.2) is 6.10 Å². The molecule has 0 saturated heterocycles. The van der Waals surface area contributed by atoms with E-state index in [0.717, 1.165) is 31.4 Å². The molecular weight excluding hydrogens is 210 g/mol. The normalized spacial score (nSPS) is 25.0. The van der Waals surface area contributed by atoms with Gasteiger partial charge < -0.3 is 4.74 Å². The molecule has 1 aliphatic heterocycles. The van der Waals surface area contributed by atoms with E-state index in [9.17, 15) is 5.26 Å². The maximum Gasteiger partial charge on any atom is 0.123 e. The SMILES string of the molecule is N#CC1(CC2Cc3ccccc3O2)CCCC1. The van der Waals surface area contributed by atoms with Crippen molar-refractivity contribution in [2.75, 3.05) is 0 Å². The van der Waals surface area contributed by atoms with E-state index >= 15 is 0 Å². The first kappa shape index (κ1) is 10.7. The van der Waals surface area contributed by atoms with Crippen molar-refractivity contribution in [1.29, 1.82) is 5.26 Å². The second kappa shape index (κ2) is 4.07. The molecule has 0 aromatic heterocycles. The van der Waals surface area contributed by atoms with Gasteiger partial charge in [-0.2, -0.15) is 5.26 Å². The summed E-state index contributed by atoms with van der Waals surface area (Å²) >= 11 is 0. The minimum atomic E-state index is -0.104. The third-order valence-corrected chi connectivity index (χ3v) is 4.13. The summed E-state index contributed by atoms with van der Waals surface area (Å²) in [6.07, 6.45) is 6.60. The Kier molecular flexibility index (Phi) is 2.55. The third kappa shape index (κ3) is 1.91. The Labute approximate surface area is 102 Å². The Hall–Kier alpha value is -1.49. The van der Waals surface area contributed by atoms with Crippen LogP contribution in [0.15, 0.2) is 24.3 Å². The molecule has 0 spiro atoms. The standard InChI is InChI=1S/C15H17NO/c16-11-15(7-3-4-8-15)10-13-9-12-5-1-2-6-14(12)17-13/h1-2,5-6,13H,3-4,7-10H2. The average Bonchev–Trinajstić information content (AvgIpc) is 2.95. The highest BCUT2D eigenvalue weighted by Crippen LogP contribution is 2.43. The molecule has 1 aliphatic carbocycles. The van der Waals surface area contributed by atoms with Gasteiger partial charge in [0.25, 0.3) is 0 Å². The lowest BCUT2D eigenvalue weighted by molar-refractivity contribution is 0.169. The summed E-state index contributed by atoms with van der Waals surface area (Å²) < 4.78 is 5.94. The Balaban J connectivity index is 1.71. The predicted molar refractivity (Wildman–Crippen MR) is 65.7 cm³/mol. The first-order valence-corrected chi connectivity index (χ1v) is 6.47. The van der Waals surface area contributed by atoms with Crippen molar-refractivity contribution in [2.45, 2.75) is 44.6 Å². The average molecular weight is 227 g/mol. The van der Waals surface area contributed by atoms with Crippen LogP contribution in [0.4, 0.5) is 0 Å². The fourth-order valence-corrected chi connectivity index (χ4v) is 3.22. The number of rotatable bonds is 2. The van der Waals surface area contributed by atoms with Crippen molar-refractivity contribution in [2.24, 2.45) is 5.41 Å². The van der Waals surface area contributed by atoms with Crippen LogP contribution in [0.3, 0.4) is 0 Å². The molecule has 1 aromatic carbocycles. The first-order chi connectivity index (χ1) is 8.31. The van der Waals surface area contributed by atoms with Crippen LogP contribution in [0.2, 0.25) is 0 Å². The summed E-state index contributed by atoms with van der Waals surface area (Å²) in [6.45, 7) is 0. The topological polar surface area (TPSA) is 33.0 Å². The van der Waals surface area contributed by atoms with Crippen LogP contribution >= 0.6 is 0 Å². The summed E-state index contributed by atoms with van der Waals surface area (Å²) in [5, 5.41) is 9.39. The van der Waals surface area contributed by atoms with E-state index in [4.69, 9.17) is 4.74 Å². The quantitative estimate of drug-likeness (QED) is 0.775. The second-order valence-corrected chi connectivity index (χ2v) is 5.36. The van der Waals surface area contributed by atoms with Crippen molar-refractivity contribution in [1.82, 2.24) is 0 Å². The number of nitriles is 1. The molecule has 0 N–H and O–H groups in total. The first-order valence-electron chi connectivity index (χ1n) is 6.47. The summed E-state index contributed by atoms with van der Waals surface area (Å²) in [5.41, 5.74) is 1.19. The number of hydrogen-bond acceptors (Lipinski definition) is 2. The van der Waals surface area contributed by atoms with Crippen molar-refractivity contribution < 1.29 is 4.74 Å². The van der Waals surface area contributed by atoms with Gasteiger partial charge in [0.1, 0.15) is 11.9 Å². The molecule has 17 heavy (non-hydrogen) atoms. The van der Waals surface area contributed by atoms with Crippen LogP contribution in [0.25, 0.3) is 0 Å². The highest BCUT2D eigenvalue weighted by Gasteiger charge is 2.38. The molecule has 2 nitrogen and oxygen atoms in total. The van der Waals surface area contributed by atoms with Gasteiger partial charge in [0.15, 0.2) is 0 Å². The molecule has 3 rings (SSSR count). The molecule has 2 heteroatoms. The van der Waals surface area contributed by atoms with Crippen LogP contribution < -0.4 is 4.74 Å². The van der Waals surface area contributed by atoms with Crippen LogP contribution in [0, 0.1) is 16.7 Å². The number of benzene rings is 1. The lowest BCUT2D eigenvalue weighted by Crippen LogP contribution is -2.25. The van der Waals surface area contributed by atoms with Crippen LogP contribution in [0.1, 0.15) is 37.7 Å². The minimum absolute atomic E-state index is 0.104. The molecule has 1 heterocycles. The summed E-state index contributed by atoms with van der Waals surface area (Å²) in [7, 11) is 0. The lowest BCUT2D eigenvalue weighted by atomic mass is 9.81. The predicted octanol–water partition coefficient (Wildman–Crippen LogP) is 3.46. The maximum atomic E-state index is 9.39. The van der Waals surface area contributed by atoms with E-state index in [2.05, 4.69) is 18.2 Å². The van der Waals surface area contributed by atoms with Crippen molar-refractivity contribution >= 4 is 0 Å². The molecule has 0 amide bonds. The number of para-hydroxylation sites is 1. The highest BCUT2D eigenvalue weighted by molar-refractivity contribution is 5.37. The molecule has 1 unspecified atom stereocenters. The number of nitrogens with zero attached hydrogens (tertiary/aromatic N) is 1. The summed E-state index contributed by atoms with van der Waals surface area (Å²) in [4.78, 5) is 0. The smallest absolute Gasteiger partial charge is 0.123 e. The van der Waals surface area contributed by atoms with E-state index in [1.165, 1.54) is 18.4 Å². The maximum absolute atomic E-state index is 9.39. The second-order valence-electron chi connectivity index (χ2n) is 5.36. The van der Waals surface area contributed by atoms with Gasteiger partial charge >= 0.3 is 0 Å². The van der Waals surface area contributed by atoms with Gasteiger partial charge in [0.05, 0.1) is 11.5 Å². The van der Waals surface area contributed by atoms with E-state index in [0.29, 0.717) is 0 Å². The highest BCUT2D eigenvalue weighted by atomic mass is 16.5. The van der Waals surface area contributed by atoms with E-state index < -0.39 is 0 Å². The lowest BCUT2D eigenvalue weighted by Gasteiger charge is -2.23. The van der Waals surface area contributed by atoms with E-state index in [1.807, 2.05) is 12.1 Å². The van der Waals surface area contributed by atoms with Crippen molar-refractivity contribution in [3.63, 3.8) is 0 Å². The fraction of sp³-hybridized carbons (Fsp3) is 0.533. The largest absolute Gasteiger partial charge is 0.490 e. The van der Waals surface area contributed by atoms with Gasteiger partial charge in [-0.3, -0.25) is 0 Å². The monoisotopic (exact) mass is 227 g/mol. The third-order valence-electron chi connectivity index (χ3n) is 4.13. The molecule has 88 valence electrons. The van der Waals surface area contributed by atoms with Gasteiger partial charge in [-0.1, -0.05) is 31.0 Å². The van der Waals surface area contributed by atoms with Crippen molar-refractivity contribution in [3.8, 4) is 11.8 Å². The summed E-state index contributed by atoms with van der Waals surface area (Å²) in [5.74, 6) is 1.02. The molecule has 1 atom stereocenters. The fourth-order valence-electron chi connectivity index (χ4n) is 3.22. The zero-order valence-electron chi connectivity index (χ0n) is 9.98. The molecule has 1 aromatic rings. The minimum Gasteiger partial charge on any atom is -0.490 e. The van der Waals surface area contributed by atoms with E-state index in [-0.39, 0.29) is 11.5 Å². The number of ether oxygens (including phenoxy) is 1. The molecule has 2 aliphatic rings. The molecule has 1 fully saturated rings. The summed E-state index contributed by atoms with van der Waals surface area (Å²) in [6, 6.07) is 10.8. The zero-order valence-corrected chi connectivity index (χ0v) is 9.98. The van der Waals surface area contributed by atoms with Crippen molar-refractivity contribution in [3.05, 3.63) is 29.8 Å². The molecular formula is C15H17NO. The molecule has 0 bridgehead atoms. The Morgan fingerprint density at radius 3 is 2.76 bits per heavy atom. The number of hydrogen-bond donors (Lipinski definition) is 0.